The van der Waals surface area contributed by atoms with Gasteiger partial charge in [-0.05, 0) is 53.8 Å². The van der Waals surface area contributed by atoms with Gasteiger partial charge in [-0.2, -0.15) is 13.2 Å². The molecule has 0 atom stereocenters. The van der Waals surface area contributed by atoms with Crippen LogP contribution in [0.3, 0.4) is 0 Å². The first-order valence-corrected chi connectivity index (χ1v) is 5.96. The van der Waals surface area contributed by atoms with Crippen molar-refractivity contribution in [1.82, 2.24) is 9.55 Å². The number of halogens is 5. The Labute approximate surface area is 114 Å². The van der Waals surface area contributed by atoms with Gasteiger partial charge >= 0.3 is 6.18 Å². The van der Waals surface area contributed by atoms with Crippen LogP contribution in [0.25, 0.3) is 5.69 Å². The van der Waals surface area contributed by atoms with Crippen LogP contribution in [-0.2, 0) is 6.18 Å². The van der Waals surface area contributed by atoms with Crippen molar-refractivity contribution in [3.8, 4) is 5.69 Å². The summed E-state index contributed by atoms with van der Waals surface area (Å²) in [4.78, 5) is 3.52. The summed E-state index contributed by atoms with van der Waals surface area (Å²) in [7, 11) is 0. The van der Waals surface area contributed by atoms with Crippen LogP contribution in [-0.4, -0.2) is 9.55 Å². The molecule has 2 rings (SSSR count). The molecule has 2 nitrogen and oxygen atoms in total. The molecule has 2 aromatic rings. The third-order valence-electron chi connectivity index (χ3n) is 2.32. The zero-order valence-electron chi connectivity index (χ0n) is 9.09. The molecule has 0 fully saturated rings. The first-order valence-electron chi connectivity index (χ1n) is 4.88. The highest BCUT2D eigenvalue weighted by atomic mass is 127. The maximum atomic E-state index is 12.8. The Kier molecular flexibility index (Phi) is 3.35. The van der Waals surface area contributed by atoms with E-state index in [1.165, 1.54) is 19.1 Å². The first kappa shape index (κ1) is 13.3. The minimum absolute atomic E-state index is 0.230. The van der Waals surface area contributed by atoms with Crippen molar-refractivity contribution >= 4 is 22.6 Å². The molecule has 0 aliphatic heterocycles. The van der Waals surface area contributed by atoms with E-state index in [1.807, 2.05) is 0 Å². The molecular formula is C11H7F4IN2. The van der Waals surface area contributed by atoms with Gasteiger partial charge in [0.05, 0.1) is 5.69 Å². The van der Waals surface area contributed by atoms with Crippen molar-refractivity contribution in [3.05, 3.63) is 45.3 Å². The second-order valence-electron chi connectivity index (χ2n) is 3.62. The van der Waals surface area contributed by atoms with Gasteiger partial charge in [0.25, 0.3) is 0 Å². The van der Waals surface area contributed by atoms with Crippen LogP contribution >= 0.6 is 22.6 Å². The van der Waals surface area contributed by atoms with Gasteiger partial charge in [-0.3, -0.25) is 4.57 Å². The van der Waals surface area contributed by atoms with E-state index in [1.54, 1.807) is 22.6 Å². The fourth-order valence-electron chi connectivity index (χ4n) is 1.53. The average molecular weight is 370 g/mol. The summed E-state index contributed by atoms with van der Waals surface area (Å²) in [5.41, 5.74) is 0.515. The molecule has 0 saturated heterocycles. The Morgan fingerprint density at radius 3 is 2.22 bits per heavy atom. The molecule has 0 aliphatic rings. The second kappa shape index (κ2) is 4.52. The first-order chi connectivity index (χ1) is 8.30. The van der Waals surface area contributed by atoms with Crippen molar-refractivity contribution in [2.24, 2.45) is 0 Å². The van der Waals surface area contributed by atoms with Crippen LogP contribution in [0.4, 0.5) is 17.6 Å². The molecule has 0 saturated carbocycles. The fraction of sp³-hybridized carbons (Fsp3) is 0.182. The van der Waals surface area contributed by atoms with Crippen molar-refractivity contribution < 1.29 is 17.6 Å². The van der Waals surface area contributed by atoms with Crippen LogP contribution in [0, 0.1) is 16.4 Å². The zero-order valence-corrected chi connectivity index (χ0v) is 11.3. The lowest BCUT2D eigenvalue weighted by Crippen LogP contribution is -2.14. The molecule has 96 valence electrons. The van der Waals surface area contributed by atoms with Crippen molar-refractivity contribution in [2.75, 3.05) is 0 Å². The molecule has 1 aromatic heterocycles. The Morgan fingerprint density at radius 2 is 1.72 bits per heavy atom. The molecule has 18 heavy (non-hydrogen) atoms. The zero-order chi connectivity index (χ0) is 13.5. The number of aryl methyl sites for hydroxylation is 1. The highest BCUT2D eigenvalue weighted by molar-refractivity contribution is 14.1. The van der Waals surface area contributed by atoms with Crippen LogP contribution < -0.4 is 0 Å². The maximum Gasteiger partial charge on any atom is 0.450 e. The number of nitrogens with zero attached hydrogens (tertiary/aromatic N) is 2. The van der Waals surface area contributed by atoms with Crippen LogP contribution in [0.1, 0.15) is 11.5 Å². The fourth-order valence-corrected chi connectivity index (χ4v) is 2.15. The maximum absolute atomic E-state index is 12.8. The number of aromatic nitrogens is 2. The lowest BCUT2D eigenvalue weighted by molar-refractivity contribution is -0.146. The van der Waals surface area contributed by atoms with Crippen molar-refractivity contribution in [1.29, 1.82) is 0 Å². The summed E-state index contributed by atoms with van der Waals surface area (Å²) in [5, 5.41) is 0. The van der Waals surface area contributed by atoms with Gasteiger partial charge < -0.3 is 0 Å². The summed E-state index contributed by atoms with van der Waals surface area (Å²) in [6.45, 7) is 1.50. The van der Waals surface area contributed by atoms with E-state index in [4.69, 9.17) is 0 Å². The predicted octanol–water partition coefficient (Wildman–Crippen LogP) is 3.94. The minimum Gasteiger partial charge on any atom is -0.284 e. The van der Waals surface area contributed by atoms with E-state index in [0.717, 1.165) is 16.7 Å². The molecule has 0 N–H and O–H groups in total. The number of rotatable bonds is 1. The highest BCUT2D eigenvalue weighted by Crippen LogP contribution is 2.32. The predicted molar refractivity (Wildman–Crippen MR) is 66.0 cm³/mol. The lowest BCUT2D eigenvalue weighted by Gasteiger charge is -2.11. The summed E-state index contributed by atoms with van der Waals surface area (Å²) < 4.78 is 52.7. The Bertz CT molecular complexity index is 572. The molecule has 0 aliphatic carbocycles. The largest absolute Gasteiger partial charge is 0.450 e. The van der Waals surface area contributed by atoms with Gasteiger partial charge in [0, 0.05) is 5.69 Å². The Morgan fingerprint density at radius 1 is 1.17 bits per heavy atom. The Balaban J connectivity index is 2.66. The standard InChI is InChI=1S/C11H7F4IN2/c1-6-9(16)18(10(17-6)11(13,14)15)8-4-2-7(12)3-5-8/h2-5H,1H3. The number of hydrogen-bond donors (Lipinski definition) is 0. The molecule has 0 spiro atoms. The molecule has 0 bridgehead atoms. The third-order valence-corrected chi connectivity index (χ3v) is 3.58. The molecule has 1 aromatic carbocycles. The number of alkyl halides is 3. The topological polar surface area (TPSA) is 17.8 Å². The van der Waals surface area contributed by atoms with E-state index < -0.39 is 17.8 Å². The summed E-state index contributed by atoms with van der Waals surface area (Å²) in [6.07, 6.45) is -4.55. The normalized spacial score (nSPS) is 11.9. The van der Waals surface area contributed by atoms with Gasteiger partial charge in [0.15, 0.2) is 0 Å². The summed E-state index contributed by atoms with van der Waals surface area (Å²) in [5.74, 6) is -1.50. The number of imidazole rings is 1. The van der Waals surface area contributed by atoms with Gasteiger partial charge in [0.1, 0.15) is 9.52 Å². The summed E-state index contributed by atoms with van der Waals surface area (Å²) in [6, 6.07) is 4.80. The molecule has 1 heterocycles. The Hall–Kier alpha value is -1.12. The van der Waals surface area contributed by atoms with Crippen LogP contribution in [0.15, 0.2) is 24.3 Å². The van der Waals surface area contributed by atoms with Crippen LogP contribution in [0.2, 0.25) is 0 Å². The number of hydrogen-bond acceptors (Lipinski definition) is 1. The molecule has 0 radical (unpaired) electrons. The van der Waals surface area contributed by atoms with Crippen LogP contribution in [0.5, 0.6) is 0 Å². The van der Waals surface area contributed by atoms with E-state index in [0.29, 0.717) is 3.70 Å². The van der Waals surface area contributed by atoms with Gasteiger partial charge in [-0.15, -0.1) is 0 Å². The van der Waals surface area contributed by atoms with Gasteiger partial charge in [-0.25, -0.2) is 9.37 Å². The van der Waals surface area contributed by atoms with Crippen molar-refractivity contribution in [2.45, 2.75) is 13.1 Å². The van der Waals surface area contributed by atoms with E-state index in [-0.39, 0.29) is 11.4 Å². The van der Waals surface area contributed by atoms with Gasteiger partial charge in [-0.1, -0.05) is 0 Å². The highest BCUT2D eigenvalue weighted by Gasteiger charge is 2.38. The molecule has 0 unspecified atom stereocenters. The quantitative estimate of drug-likeness (QED) is 0.549. The average Bonchev–Trinajstić information content (AvgIpc) is 2.57. The summed E-state index contributed by atoms with van der Waals surface area (Å²) >= 11 is 1.78. The lowest BCUT2D eigenvalue weighted by atomic mass is 10.3. The van der Waals surface area contributed by atoms with E-state index >= 15 is 0 Å². The second-order valence-corrected chi connectivity index (χ2v) is 4.64. The van der Waals surface area contributed by atoms with Crippen molar-refractivity contribution in [3.63, 3.8) is 0 Å². The van der Waals surface area contributed by atoms with E-state index in [9.17, 15) is 17.6 Å². The molecular weight excluding hydrogens is 363 g/mol. The van der Waals surface area contributed by atoms with E-state index in [2.05, 4.69) is 4.98 Å². The minimum atomic E-state index is -4.55. The monoisotopic (exact) mass is 370 g/mol. The smallest absolute Gasteiger partial charge is 0.284 e. The number of benzene rings is 1. The molecule has 7 heteroatoms. The third kappa shape index (κ3) is 2.36. The molecule has 0 amide bonds. The van der Waals surface area contributed by atoms with Gasteiger partial charge in [0.2, 0.25) is 5.82 Å². The SMILES string of the molecule is Cc1nc(C(F)(F)F)n(-c2ccc(F)cc2)c1I.